The summed E-state index contributed by atoms with van der Waals surface area (Å²) < 4.78 is 64.6. The van der Waals surface area contributed by atoms with Crippen LogP contribution in [0.15, 0.2) is 78.1 Å². The Bertz CT molecular complexity index is 1440. The summed E-state index contributed by atoms with van der Waals surface area (Å²) in [4.78, 5) is 3.45. The van der Waals surface area contributed by atoms with Gasteiger partial charge in [0.2, 0.25) is 0 Å². The number of sulfonamides is 1. The van der Waals surface area contributed by atoms with E-state index in [0.29, 0.717) is 15.6 Å². The molecule has 0 radical (unpaired) electrons. The number of anilines is 1. The van der Waals surface area contributed by atoms with Crippen LogP contribution in [-0.4, -0.2) is 37.0 Å². The monoisotopic (exact) mass is 498 g/mol. The molecule has 4 aromatic rings. The van der Waals surface area contributed by atoms with E-state index in [1.165, 1.54) is 37.4 Å². The van der Waals surface area contributed by atoms with Gasteiger partial charge in [0.05, 0.1) is 5.69 Å². The Morgan fingerprint density at radius 2 is 1.71 bits per heavy atom. The summed E-state index contributed by atoms with van der Waals surface area (Å²) in [6.07, 6.45) is 5.06. The van der Waals surface area contributed by atoms with Crippen molar-refractivity contribution in [2.45, 2.75) is 24.8 Å². The summed E-state index contributed by atoms with van der Waals surface area (Å²) in [6.45, 7) is 3.37. The summed E-state index contributed by atoms with van der Waals surface area (Å²) in [5.74, 6) is -1.77. The van der Waals surface area contributed by atoms with Crippen LogP contribution >= 0.6 is 0 Å². The zero-order valence-electron chi connectivity index (χ0n) is 19.4. The lowest BCUT2D eigenvalue weighted by Gasteiger charge is -2.25. The van der Waals surface area contributed by atoms with Gasteiger partial charge in [0.15, 0.2) is 5.82 Å². The minimum atomic E-state index is -4.48. The number of nitrogens with zero attached hydrogens (tertiary/aromatic N) is 4. The third kappa shape index (κ3) is 4.67. The van der Waals surface area contributed by atoms with Crippen molar-refractivity contribution in [3.05, 3.63) is 84.8 Å². The predicted octanol–water partition coefficient (Wildman–Crippen LogP) is 5.27. The van der Waals surface area contributed by atoms with Gasteiger partial charge in [-0.1, -0.05) is 18.2 Å². The number of pyridine rings is 1. The summed E-state index contributed by atoms with van der Waals surface area (Å²) in [5, 5.41) is 4.60. The predicted molar refractivity (Wildman–Crippen MR) is 129 cm³/mol. The summed E-state index contributed by atoms with van der Waals surface area (Å²) in [6, 6.07) is 12.9. The molecule has 0 N–H and O–H groups in total. The Labute approximate surface area is 202 Å². The number of halogens is 2. The van der Waals surface area contributed by atoms with Gasteiger partial charge >= 0.3 is 0 Å². The zero-order valence-corrected chi connectivity index (χ0v) is 20.2. The second kappa shape index (κ2) is 9.93. The van der Waals surface area contributed by atoms with Gasteiger partial charge in [0.25, 0.3) is 10.0 Å². The molecule has 0 unspecified atom stereocenters. The van der Waals surface area contributed by atoms with E-state index in [0.717, 1.165) is 17.7 Å². The maximum absolute atomic E-state index is 16.1. The number of methoxy groups -OCH3 is 1. The van der Waals surface area contributed by atoms with E-state index in [2.05, 4.69) is 10.1 Å². The quantitative estimate of drug-likeness (QED) is 0.309. The largest absolute Gasteiger partial charge is 0.363 e. The molecule has 0 atom stereocenters. The molecule has 0 aliphatic heterocycles. The Morgan fingerprint density at radius 3 is 2.37 bits per heavy atom. The van der Waals surface area contributed by atoms with Crippen molar-refractivity contribution in [2.75, 3.05) is 18.1 Å². The van der Waals surface area contributed by atoms with Crippen molar-refractivity contribution in [3.63, 3.8) is 0 Å². The molecular formula is C25H24F2N4O3S. The maximum atomic E-state index is 16.1. The molecule has 2 aromatic carbocycles. The molecule has 0 aliphatic rings. The molecule has 0 fully saturated rings. The maximum Gasteiger partial charge on any atom is 0.269 e. The number of benzene rings is 2. The van der Waals surface area contributed by atoms with Crippen LogP contribution in [0.2, 0.25) is 0 Å². The van der Waals surface area contributed by atoms with Crippen LogP contribution in [0.4, 0.5) is 14.5 Å². The first-order valence-electron chi connectivity index (χ1n) is 10.8. The molecular weight excluding hydrogens is 474 g/mol. The number of rotatable bonds is 8. The van der Waals surface area contributed by atoms with E-state index >= 15 is 4.39 Å². The third-order valence-corrected chi connectivity index (χ3v) is 7.17. The van der Waals surface area contributed by atoms with Crippen LogP contribution in [0.5, 0.6) is 0 Å². The van der Waals surface area contributed by atoms with Crippen LogP contribution in [-0.2, 0) is 14.8 Å². The van der Waals surface area contributed by atoms with E-state index in [4.69, 9.17) is 4.74 Å². The van der Waals surface area contributed by atoms with Gasteiger partial charge in [0.1, 0.15) is 23.1 Å². The molecule has 10 heteroatoms. The molecule has 2 aromatic heterocycles. The fourth-order valence-corrected chi connectivity index (χ4v) is 5.10. The lowest BCUT2D eigenvalue weighted by atomic mass is 10.0. The average Bonchev–Trinajstić information content (AvgIpc) is 3.29. The van der Waals surface area contributed by atoms with Crippen molar-refractivity contribution in [2.24, 2.45) is 0 Å². The van der Waals surface area contributed by atoms with E-state index in [1.54, 1.807) is 29.2 Å². The van der Waals surface area contributed by atoms with Crippen LogP contribution in [0.3, 0.4) is 0 Å². The van der Waals surface area contributed by atoms with Crippen LogP contribution in [0, 0.1) is 11.6 Å². The SMILES string of the molecule is COCN(c1cccc(-c2nn(C(C)C)cc2-c2ccncc2)c1F)S(=O)(=O)c1ccccc1F. The molecule has 4 rings (SSSR count). The Morgan fingerprint density at radius 1 is 1.00 bits per heavy atom. The highest BCUT2D eigenvalue weighted by molar-refractivity contribution is 7.92. The van der Waals surface area contributed by atoms with Gasteiger partial charge in [-0.2, -0.15) is 5.10 Å². The van der Waals surface area contributed by atoms with Crippen molar-refractivity contribution in [1.82, 2.24) is 14.8 Å². The molecule has 0 saturated heterocycles. The zero-order chi connectivity index (χ0) is 25.2. The molecule has 0 spiro atoms. The summed E-state index contributed by atoms with van der Waals surface area (Å²) >= 11 is 0. The molecule has 182 valence electrons. The molecule has 0 bridgehead atoms. The van der Waals surface area contributed by atoms with Crippen LogP contribution < -0.4 is 4.31 Å². The third-order valence-electron chi connectivity index (χ3n) is 5.41. The molecule has 35 heavy (non-hydrogen) atoms. The average molecular weight is 499 g/mol. The van der Waals surface area contributed by atoms with E-state index < -0.39 is 33.3 Å². The highest BCUT2D eigenvalue weighted by atomic mass is 32.2. The normalized spacial score (nSPS) is 11.7. The number of hydrogen-bond donors (Lipinski definition) is 0. The molecule has 2 heterocycles. The first-order valence-corrected chi connectivity index (χ1v) is 12.2. The first kappa shape index (κ1) is 24.5. The highest BCUT2D eigenvalue weighted by Gasteiger charge is 2.31. The summed E-state index contributed by atoms with van der Waals surface area (Å²) in [5.41, 5.74) is 1.59. The van der Waals surface area contributed by atoms with Crippen LogP contribution in [0.1, 0.15) is 19.9 Å². The molecule has 0 saturated carbocycles. The lowest BCUT2D eigenvalue weighted by Crippen LogP contribution is -2.34. The van der Waals surface area contributed by atoms with Gasteiger partial charge in [-0.25, -0.2) is 21.5 Å². The Kier molecular flexibility index (Phi) is 6.95. The van der Waals surface area contributed by atoms with Gasteiger partial charge in [-0.3, -0.25) is 9.67 Å². The lowest BCUT2D eigenvalue weighted by molar-refractivity contribution is 0.209. The van der Waals surface area contributed by atoms with Gasteiger partial charge < -0.3 is 4.74 Å². The smallest absolute Gasteiger partial charge is 0.269 e. The van der Waals surface area contributed by atoms with Crippen molar-refractivity contribution < 1.29 is 21.9 Å². The second-order valence-corrected chi connectivity index (χ2v) is 9.87. The first-order chi connectivity index (χ1) is 16.8. The van der Waals surface area contributed by atoms with E-state index in [9.17, 15) is 12.8 Å². The van der Waals surface area contributed by atoms with Gasteiger partial charge in [-0.05, 0) is 55.8 Å². The van der Waals surface area contributed by atoms with Crippen molar-refractivity contribution in [3.8, 4) is 22.4 Å². The fraction of sp³-hybridized carbons (Fsp3) is 0.200. The van der Waals surface area contributed by atoms with Crippen molar-refractivity contribution in [1.29, 1.82) is 0 Å². The number of hydrogen-bond acceptors (Lipinski definition) is 5. The highest BCUT2D eigenvalue weighted by Crippen LogP contribution is 2.37. The molecule has 7 nitrogen and oxygen atoms in total. The Hall–Kier alpha value is -3.63. The number of ether oxygens (including phenoxy) is 1. The topological polar surface area (TPSA) is 77.3 Å². The van der Waals surface area contributed by atoms with Gasteiger partial charge in [-0.15, -0.1) is 0 Å². The minimum absolute atomic E-state index is 0.00186. The Balaban J connectivity index is 1.90. The van der Waals surface area contributed by atoms with Crippen molar-refractivity contribution >= 4 is 15.7 Å². The molecule has 0 amide bonds. The fourth-order valence-electron chi connectivity index (χ4n) is 3.65. The van der Waals surface area contributed by atoms with Crippen LogP contribution in [0.25, 0.3) is 22.4 Å². The van der Waals surface area contributed by atoms with Gasteiger partial charge in [0, 0.05) is 42.9 Å². The molecule has 0 aliphatic carbocycles. The summed E-state index contributed by atoms with van der Waals surface area (Å²) in [7, 11) is -3.20. The minimum Gasteiger partial charge on any atom is -0.363 e. The number of aromatic nitrogens is 3. The van der Waals surface area contributed by atoms with E-state index in [-0.39, 0.29) is 17.3 Å². The van der Waals surface area contributed by atoms with E-state index in [1.807, 2.05) is 20.0 Å². The standard InChI is InChI=1S/C25H24F2N4O3S/c1-17(2)30-15-20(18-11-13-28-14-12-18)25(29-30)19-7-6-9-22(24(19)27)31(16-34-3)35(32,33)23-10-5-4-8-21(23)26/h4-15,17H,16H2,1-3H3. The second-order valence-electron chi connectivity index (χ2n) is 8.04.